The number of hydrogen-bond donors (Lipinski definition) is 1. The van der Waals surface area contributed by atoms with Crippen molar-refractivity contribution in [2.24, 2.45) is 0 Å². The lowest BCUT2D eigenvalue weighted by Crippen LogP contribution is -2.30. The third-order valence-electron chi connectivity index (χ3n) is 3.72. The Bertz CT molecular complexity index is 577. The zero-order chi connectivity index (χ0) is 13.8. The number of rotatable bonds is 3. The third-order valence-corrected chi connectivity index (χ3v) is 4.91. The van der Waals surface area contributed by atoms with E-state index >= 15 is 0 Å². The van der Waals surface area contributed by atoms with Crippen LogP contribution in [0, 0.1) is 4.77 Å². The van der Waals surface area contributed by atoms with Crippen LogP contribution in [-0.2, 0) is 6.67 Å². The van der Waals surface area contributed by atoms with Crippen LogP contribution in [0.5, 0.6) is 0 Å². The van der Waals surface area contributed by atoms with Crippen LogP contribution in [0.1, 0.15) is 32.1 Å². The van der Waals surface area contributed by atoms with E-state index in [0.717, 1.165) is 30.5 Å². The second-order valence-electron chi connectivity index (χ2n) is 5.29. The first-order valence-corrected chi connectivity index (χ1v) is 8.55. The molecule has 0 spiro atoms. The summed E-state index contributed by atoms with van der Waals surface area (Å²) in [6.45, 7) is 3.15. The highest BCUT2D eigenvalue weighted by Crippen LogP contribution is 2.20. The Kier molecular flexibility index (Phi) is 4.65. The van der Waals surface area contributed by atoms with Crippen LogP contribution in [0.25, 0.3) is 10.7 Å². The zero-order valence-corrected chi connectivity index (χ0v) is 13.2. The minimum atomic E-state index is 0.649. The maximum atomic E-state index is 5.37. The lowest BCUT2D eigenvalue weighted by atomic mass is 10.1. The van der Waals surface area contributed by atoms with Crippen LogP contribution in [0.15, 0.2) is 17.5 Å². The van der Waals surface area contributed by atoms with Crippen LogP contribution in [0.2, 0.25) is 0 Å². The number of nitrogens with one attached hydrogen (secondary N) is 1. The Balaban J connectivity index is 1.72. The number of aromatic nitrogens is 3. The minimum Gasteiger partial charge on any atom is -0.284 e. The van der Waals surface area contributed by atoms with E-state index < -0.39 is 0 Å². The van der Waals surface area contributed by atoms with Gasteiger partial charge in [0.25, 0.3) is 0 Å². The highest BCUT2D eigenvalue weighted by atomic mass is 32.1. The molecular weight excluding hydrogens is 288 g/mol. The number of nitrogens with zero attached hydrogens (tertiary/aromatic N) is 3. The summed E-state index contributed by atoms with van der Waals surface area (Å²) in [5.74, 6) is 0.886. The second-order valence-corrected chi connectivity index (χ2v) is 6.60. The maximum absolute atomic E-state index is 5.37. The molecule has 1 fully saturated rings. The SMILES string of the molecule is S=c1nc(-c2cccs2)[nH]n1CN1CCCCCCC1. The van der Waals surface area contributed by atoms with Gasteiger partial charge >= 0.3 is 0 Å². The van der Waals surface area contributed by atoms with Crippen molar-refractivity contribution in [3.05, 3.63) is 22.3 Å². The molecule has 0 radical (unpaired) electrons. The molecule has 3 rings (SSSR count). The summed E-state index contributed by atoms with van der Waals surface area (Å²) in [5.41, 5.74) is 0. The predicted octanol–water partition coefficient (Wildman–Crippen LogP) is 3.89. The topological polar surface area (TPSA) is 36.9 Å². The second kappa shape index (κ2) is 6.65. The van der Waals surface area contributed by atoms with Gasteiger partial charge in [-0.25, -0.2) is 4.68 Å². The average molecular weight is 308 g/mol. The molecule has 0 unspecified atom stereocenters. The van der Waals surface area contributed by atoms with Crippen LogP contribution < -0.4 is 0 Å². The maximum Gasteiger partial charge on any atom is 0.217 e. The molecule has 2 aromatic rings. The molecule has 1 saturated heterocycles. The standard InChI is InChI=1S/C14H20N4S2/c19-14-15-13(12-7-6-10-20-12)16-18(14)11-17-8-4-2-1-3-5-9-17/h6-7,10H,1-5,8-9,11H2,(H,15,16,19). The van der Waals surface area contributed by atoms with Crippen LogP contribution in [-0.4, -0.2) is 32.8 Å². The van der Waals surface area contributed by atoms with Gasteiger partial charge in [-0.05, 0) is 49.6 Å². The molecule has 4 nitrogen and oxygen atoms in total. The third kappa shape index (κ3) is 3.37. The van der Waals surface area contributed by atoms with E-state index in [-0.39, 0.29) is 0 Å². The van der Waals surface area contributed by atoms with Gasteiger partial charge in [0.05, 0.1) is 11.5 Å². The van der Waals surface area contributed by atoms with Crippen molar-refractivity contribution in [1.82, 2.24) is 19.7 Å². The number of thiophene rings is 1. The van der Waals surface area contributed by atoms with Gasteiger partial charge in [-0.3, -0.25) is 10.00 Å². The largest absolute Gasteiger partial charge is 0.284 e. The average Bonchev–Trinajstić information content (AvgIpc) is 3.02. The monoisotopic (exact) mass is 308 g/mol. The van der Waals surface area contributed by atoms with E-state index in [1.807, 2.05) is 10.7 Å². The molecule has 1 aliphatic heterocycles. The van der Waals surface area contributed by atoms with Crippen molar-refractivity contribution >= 4 is 23.6 Å². The van der Waals surface area contributed by atoms with Gasteiger partial charge < -0.3 is 0 Å². The molecule has 108 valence electrons. The molecule has 0 atom stereocenters. The van der Waals surface area contributed by atoms with Crippen LogP contribution >= 0.6 is 23.6 Å². The van der Waals surface area contributed by atoms with Gasteiger partial charge in [0.2, 0.25) is 4.77 Å². The fourth-order valence-corrected chi connectivity index (χ4v) is 3.49. The fourth-order valence-electron chi connectivity index (χ4n) is 2.63. The predicted molar refractivity (Wildman–Crippen MR) is 85.4 cm³/mol. The highest BCUT2D eigenvalue weighted by Gasteiger charge is 2.11. The molecule has 1 N–H and O–H groups in total. The van der Waals surface area contributed by atoms with Gasteiger partial charge in [0.15, 0.2) is 5.82 Å². The Morgan fingerprint density at radius 3 is 2.65 bits per heavy atom. The first-order valence-electron chi connectivity index (χ1n) is 7.26. The van der Waals surface area contributed by atoms with E-state index in [0.29, 0.717) is 4.77 Å². The summed E-state index contributed by atoms with van der Waals surface area (Å²) in [4.78, 5) is 8.09. The molecule has 2 aromatic heterocycles. The van der Waals surface area contributed by atoms with E-state index in [1.54, 1.807) is 11.3 Å². The molecule has 0 aliphatic carbocycles. The van der Waals surface area contributed by atoms with Crippen molar-refractivity contribution in [1.29, 1.82) is 0 Å². The molecule has 0 bridgehead atoms. The molecule has 20 heavy (non-hydrogen) atoms. The van der Waals surface area contributed by atoms with Crippen LogP contribution in [0.4, 0.5) is 0 Å². The Hall–Kier alpha value is -0.980. The first kappa shape index (κ1) is 14.0. The van der Waals surface area contributed by atoms with Crippen molar-refractivity contribution in [2.75, 3.05) is 13.1 Å². The molecule has 1 aliphatic rings. The molecule has 3 heterocycles. The Morgan fingerprint density at radius 1 is 1.20 bits per heavy atom. The fraction of sp³-hybridized carbons (Fsp3) is 0.571. The van der Waals surface area contributed by atoms with Crippen molar-refractivity contribution in [3.8, 4) is 10.7 Å². The normalized spacial score (nSPS) is 17.8. The Morgan fingerprint density at radius 2 is 1.95 bits per heavy atom. The van der Waals surface area contributed by atoms with E-state index in [2.05, 4.69) is 26.4 Å². The molecular formula is C14H20N4S2. The summed E-state index contributed by atoms with van der Waals surface area (Å²) >= 11 is 7.06. The van der Waals surface area contributed by atoms with Gasteiger partial charge in [0.1, 0.15) is 0 Å². The van der Waals surface area contributed by atoms with Crippen molar-refractivity contribution < 1.29 is 0 Å². The Labute approximate surface area is 128 Å². The van der Waals surface area contributed by atoms with Gasteiger partial charge in [0, 0.05) is 0 Å². The number of H-pyrrole nitrogens is 1. The quantitative estimate of drug-likeness (QED) is 0.874. The van der Waals surface area contributed by atoms with Crippen molar-refractivity contribution in [2.45, 2.75) is 38.8 Å². The molecule has 0 amide bonds. The van der Waals surface area contributed by atoms with Gasteiger partial charge in [-0.2, -0.15) is 4.98 Å². The van der Waals surface area contributed by atoms with Crippen LogP contribution in [0.3, 0.4) is 0 Å². The first-order chi connectivity index (χ1) is 9.83. The summed E-state index contributed by atoms with van der Waals surface area (Å²) in [5, 5.41) is 5.40. The van der Waals surface area contributed by atoms with E-state index in [9.17, 15) is 0 Å². The van der Waals surface area contributed by atoms with Crippen molar-refractivity contribution in [3.63, 3.8) is 0 Å². The number of likely N-dealkylation sites (tertiary alicyclic amines) is 1. The van der Waals surface area contributed by atoms with E-state index in [4.69, 9.17) is 12.2 Å². The lowest BCUT2D eigenvalue weighted by Gasteiger charge is -2.24. The van der Waals surface area contributed by atoms with E-state index in [1.165, 1.54) is 32.1 Å². The number of aromatic amines is 1. The molecule has 6 heteroatoms. The smallest absolute Gasteiger partial charge is 0.217 e. The number of hydrogen-bond acceptors (Lipinski definition) is 4. The zero-order valence-electron chi connectivity index (χ0n) is 11.5. The van der Waals surface area contributed by atoms with Gasteiger partial charge in [-0.15, -0.1) is 11.3 Å². The molecule has 0 saturated carbocycles. The molecule has 0 aromatic carbocycles. The summed E-state index contributed by atoms with van der Waals surface area (Å²) in [6.07, 6.45) is 6.68. The van der Waals surface area contributed by atoms with Gasteiger partial charge in [-0.1, -0.05) is 25.3 Å². The minimum absolute atomic E-state index is 0.649. The summed E-state index contributed by atoms with van der Waals surface area (Å²) in [6, 6.07) is 4.10. The lowest BCUT2D eigenvalue weighted by molar-refractivity contribution is 0.188. The highest BCUT2D eigenvalue weighted by molar-refractivity contribution is 7.71. The summed E-state index contributed by atoms with van der Waals surface area (Å²) < 4.78 is 2.64. The summed E-state index contributed by atoms with van der Waals surface area (Å²) in [7, 11) is 0.